The third-order valence-corrected chi connectivity index (χ3v) is 1.97. The van der Waals surface area contributed by atoms with Crippen molar-refractivity contribution in [2.75, 3.05) is 7.11 Å². The van der Waals surface area contributed by atoms with Crippen LogP contribution in [0.3, 0.4) is 0 Å². The van der Waals surface area contributed by atoms with Crippen LogP contribution in [0.15, 0.2) is 30.6 Å². The molecule has 0 saturated heterocycles. The number of ether oxygens (including phenoxy) is 1. The summed E-state index contributed by atoms with van der Waals surface area (Å²) in [5, 5.41) is 4.09. The van der Waals surface area contributed by atoms with Crippen LogP contribution in [0.25, 0.3) is 5.82 Å². The number of rotatable bonds is 2. The van der Waals surface area contributed by atoms with Gasteiger partial charge in [-0.3, -0.25) is 0 Å². The van der Waals surface area contributed by atoms with Crippen LogP contribution in [0.2, 0.25) is 0 Å². The van der Waals surface area contributed by atoms with E-state index in [1.165, 1.54) is 0 Å². The Morgan fingerprint density at radius 1 is 1.36 bits per heavy atom. The number of aromatic nitrogens is 3. The topological polar surface area (TPSA) is 39.9 Å². The first-order chi connectivity index (χ1) is 6.81. The summed E-state index contributed by atoms with van der Waals surface area (Å²) in [4.78, 5) is 4.31. The van der Waals surface area contributed by atoms with E-state index < -0.39 is 0 Å². The lowest BCUT2D eigenvalue weighted by Crippen LogP contribution is -2.00. The van der Waals surface area contributed by atoms with Crippen LogP contribution in [-0.4, -0.2) is 21.9 Å². The molecule has 0 aliphatic heterocycles. The summed E-state index contributed by atoms with van der Waals surface area (Å²) in [6.45, 7) is 1.96. The first-order valence-electron chi connectivity index (χ1n) is 4.33. The van der Waals surface area contributed by atoms with Gasteiger partial charge in [-0.05, 0) is 19.1 Å². The molecule has 0 fully saturated rings. The number of aryl methyl sites for hydroxylation is 1. The van der Waals surface area contributed by atoms with E-state index in [4.69, 9.17) is 4.74 Å². The fourth-order valence-electron chi connectivity index (χ4n) is 1.24. The SMILES string of the molecule is COc1nc(-n2cccn2)ccc1C. The Morgan fingerprint density at radius 3 is 2.86 bits per heavy atom. The third-order valence-electron chi connectivity index (χ3n) is 1.97. The van der Waals surface area contributed by atoms with Crippen LogP contribution < -0.4 is 4.74 Å². The standard InChI is InChI=1S/C10H11N3O/c1-8-4-5-9(12-10(8)14-2)13-7-3-6-11-13/h3-7H,1-2H3. The molecule has 0 bridgehead atoms. The summed E-state index contributed by atoms with van der Waals surface area (Å²) in [5.41, 5.74) is 1.02. The lowest BCUT2D eigenvalue weighted by Gasteiger charge is -2.05. The molecule has 0 radical (unpaired) electrons. The monoisotopic (exact) mass is 189 g/mol. The van der Waals surface area contributed by atoms with Crippen LogP contribution in [-0.2, 0) is 0 Å². The molecule has 0 spiro atoms. The van der Waals surface area contributed by atoms with Crippen molar-refractivity contribution in [2.24, 2.45) is 0 Å². The molecule has 0 N–H and O–H groups in total. The van der Waals surface area contributed by atoms with Crippen LogP contribution >= 0.6 is 0 Å². The van der Waals surface area contributed by atoms with E-state index >= 15 is 0 Å². The molecule has 2 rings (SSSR count). The Labute approximate surface area is 82.2 Å². The number of methoxy groups -OCH3 is 1. The molecule has 4 heteroatoms. The maximum Gasteiger partial charge on any atom is 0.218 e. The van der Waals surface area contributed by atoms with E-state index in [9.17, 15) is 0 Å². The summed E-state index contributed by atoms with van der Waals surface area (Å²) in [6.07, 6.45) is 3.56. The molecule has 0 atom stereocenters. The molecule has 4 nitrogen and oxygen atoms in total. The Kier molecular flexibility index (Phi) is 2.18. The molecule has 14 heavy (non-hydrogen) atoms. The van der Waals surface area contributed by atoms with Crippen LogP contribution in [0.1, 0.15) is 5.56 Å². The van der Waals surface area contributed by atoms with Crippen molar-refractivity contribution in [3.63, 3.8) is 0 Å². The maximum atomic E-state index is 5.13. The minimum absolute atomic E-state index is 0.637. The summed E-state index contributed by atoms with van der Waals surface area (Å²) < 4.78 is 6.83. The third kappa shape index (κ3) is 1.46. The van der Waals surface area contributed by atoms with Gasteiger partial charge in [0.15, 0.2) is 5.82 Å². The zero-order valence-corrected chi connectivity index (χ0v) is 8.14. The quantitative estimate of drug-likeness (QED) is 0.720. The molecule has 0 amide bonds. The second-order valence-electron chi connectivity index (χ2n) is 2.95. The Balaban J connectivity index is 2.46. The fraction of sp³-hybridized carbons (Fsp3) is 0.200. The number of pyridine rings is 1. The van der Waals surface area contributed by atoms with Gasteiger partial charge in [-0.25, -0.2) is 4.68 Å². The van der Waals surface area contributed by atoms with Gasteiger partial charge in [0.2, 0.25) is 5.88 Å². The van der Waals surface area contributed by atoms with Crippen LogP contribution in [0.4, 0.5) is 0 Å². The van der Waals surface area contributed by atoms with Gasteiger partial charge in [-0.2, -0.15) is 10.1 Å². The molecular weight excluding hydrogens is 178 g/mol. The number of nitrogens with zero attached hydrogens (tertiary/aromatic N) is 3. The van der Waals surface area contributed by atoms with Crippen molar-refractivity contribution < 1.29 is 4.74 Å². The molecule has 0 aromatic carbocycles. The molecule has 2 aromatic rings. The average molecular weight is 189 g/mol. The van der Waals surface area contributed by atoms with Gasteiger partial charge in [0.25, 0.3) is 0 Å². The lowest BCUT2D eigenvalue weighted by molar-refractivity contribution is 0.393. The molecule has 0 saturated carbocycles. The van der Waals surface area contributed by atoms with Crippen LogP contribution in [0, 0.1) is 6.92 Å². The number of hydrogen-bond acceptors (Lipinski definition) is 3. The molecule has 2 heterocycles. The van der Waals surface area contributed by atoms with Crippen molar-refractivity contribution in [3.05, 3.63) is 36.2 Å². The maximum absolute atomic E-state index is 5.13. The molecular formula is C10H11N3O. The van der Waals surface area contributed by atoms with Gasteiger partial charge in [0.05, 0.1) is 7.11 Å². The summed E-state index contributed by atoms with van der Waals surface area (Å²) in [5.74, 6) is 1.40. The lowest BCUT2D eigenvalue weighted by atomic mass is 10.3. The summed E-state index contributed by atoms with van der Waals surface area (Å²) in [7, 11) is 1.61. The highest BCUT2D eigenvalue weighted by atomic mass is 16.5. The zero-order chi connectivity index (χ0) is 9.97. The smallest absolute Gasteiger partial charge is 0.218 e. The van der Waals surface area contributed by atoms with E-state index in [-0.39, 0.29) is 0 Å². The Hall–Kier alpha value is -1.84. The zero-order valence-electron chi connectivity index (χ0n) is 8.14. The van der Waals surface area contributed by atoms with Crippen molar-refractivity contribution >= 4 is 0 Å². The van der Waals surface area contributed by atoms with Gasteiger partial charge in [-0.15, -0.1) is 0 Å². The highest BCUT2D eigenvalue weighted by Gasteiger charge is 2.03. The van der Waals surface area contributed by atoms with Gasteiger partial charge in [-0.1, -0.05) is 6.07 Å². The predicted molar refractivity (Wildman–Crippen MR) is 52.6 cm³/mol. The molecule has 2 aromatic heterocycles. The first-order valence-corrected chi connectivity index (χ1v) is 4.33. The Bertz CT molecular complexity index is 423. The average Bonchev–Trinajstić information content (AvgIpc) is 2.71. The second kappa shape index (κ2) is 3.49. The minimum Gasteiger partial charge on any atom is -0.481 e. The Morgan fingerprint density at radius 2 is 2.21 bits per heavy atom. The van der Waals surface area contributed by atoms with Gasteiger partial charge < -0.3 is 4.74 Å². The molecule has 72 valence electrons. The van der Waals surface area contributed by atoms with Crippen LogP contribution in [0.5, 0.6) is 5.88 Å². The highest BCUT2D eigenvalue weighted by Crippen LogP contribution is 2.15. The van der Waals surface area contributed by atoms with Gasteiger partial charge in [0, 0.05) is 18.0 Å². The van der Waals surface area contributed by atoms with E-state index in [1.54, 1.807) is 18.0 Å². The second-order valence-corrected chi connectivity index (χ2v) is 2.95. The molecule has 0 aliphatic rings. The van der Waals surface area contributed by atoms with Crippen molar-refractivity contribution in [1.29, 1.82) is 0 Å². The van der Waals surface area contributed by atoms with Crippen molar-refractivity contribution in [2.45, 2.75) is 6.92 Å². The minimum atomic E-state index is 0.637. The van der Waals surface area contributed by atoms with E-state index in [0.29, 0.717) is 5.88 Å². The van der Waals surface area contributed by atoms with Crippen molar-refractivity contribution in [1.82, 2.24) is 14.8 Å². The summed E-state index contributed by atoms with van der Waals surface area (Å²) >= 11 is 0. The summed E-state index contributed by atoms with van der Waals surface area (Å²) in [6, 6.07) is 5.72. The van der Waals surface area contributed by atoms with Gasteiger partial charge >= 0.3 is 0 Å². The van der Waals surface area contributed by atoms with E-state index in [2.05, 4.69) is 10.1 Å². The van der Waals surface area contributed by atoms with Gasteiger partial charge in [0.1, 0.15) is 0 Å². The normalized spacial score (nSPS) is 10.1. The fourth-order valence-corrected chi connectivity index (χ4v) is 1.24. The number of hydrogen-bond donors (Lipinski definition) is 0. The molecule has 0 unspecified atom stereocenters. The molecule has 0 aliphatic carbocycles. The van der Waals surface area contributed by atoms with E-state index in [0.717, 1.165) is 11.4 Å². The largest absolute Gasteiger partial charge is 0.481 e. The highest BCUT2D eigenvalue weighted by molar-refractivity contribution is 5.32. The van der Waals surface area contributed by atoms with Crippen molar-refractivity contribution in [3.8, 4) is 11.7 Å². The predicted octanol–water partition coefficient (Wildman–Crippen LogP) is 1.58. The van der Waals surface area contributed by atoms with E-state index in [1.807, 2.05) is 31.3 Å². The first kappa shape index (κ1) is 8.74.